The summed E-state index contributed by atoms with van der Waals surface area (Å²) in [6.45, 7) is 4.21. The second-order valence-corrected chi connectivity index (χ2v) is 7.46. The molecule has 1 aromatic heterocycles. The van der Waals surface area contributed by atoms with E-state index in [0.29, 0.717) is 50.0 Å². The fraction of sp³-hybridized carbons (Fsp3) is 0.250. The number of carbonyl (C=O) groups excluding carboxylic acids is 2. The van der Waals surface area contributed by atoms with E-state index in [1.54, 1.807) is 21.9 Å². The number of carbonyl (C=O) groups is 2. The van der Waals surface area contributed by atoms with Crippen molar-refractivity contribution in [2.24, 2.45) is 0 Å². The largest absolute Gasteiger partial charge is 0.487 e. The lowest BCUT2D eigenvalue weighted by molar-refractivity contribution is 0.0640. The first kappa shape index (κ1) is 20.5. The van der Waals surface area contributed by atoms with Crippen molar-refractivity contribution in [3.63, 3.8) is 0 Å². The van der Waals surface area contributed by atoms with Crippen molar-refractivity contribution >= 4 is 17.6 Å². The number of amides is 3. The average Bonchev–Trinajstić information content (AvgIpc) is 3.34. The van der Waals surface area contributed by atoms with Gasteiger partial charge in [-0.15, -0.1) is 0 Å². The van der Waals surface area contributed by atoms with Gasteiger partial charge < -0.3 is 24.3 Å². The molecule has 31 heavy (non-hydrogen) atoms. The molecule has 0 radical (unpaired) electrons. The van der Waals surface area contributed by atoms with Crippen LogP contribution in [0.5, 0.6) is 5.75 Å². The maximum atomic E-state index is 12.8. The van der Waals surface area contributed by atoms with Crippen LogP contribution in [0.2, 0.25) is 0 Å². The minimum Gasteiger partial charge on any atom is -0.487 e. The first-order valence-corrected chi connectivity index (χ1v) is 10.3. The quantitative estimate of drug-likeness (QED) is 0.674. The van der Waals surface area contributed by atoms with E-state index in [9.17, 15) is 9.59 Å². The van der Waals surface area contributed by atoms with Gasteiger partial charge in [0.25, 0.3) is 5.91 Å². The Bertz CT molecular complexity index is 1030. The molecule has 0 atom stereocenters. The van der Waals surface area contributed by atoms with Crippen molar-refractivity contribution in [3.05, 3.63) is 83.8 Å². The minimum absolute atomic E-state index is 0.153. The van der Waals surface area contributed by atoms with Crippen LogP contribution in [0.15, 0.2) is 71.3 Å². The summed E-state index contributed by atoms with van der Waals surface area (Å²) in [5.41, 5.74) is 2.73. The van der Waals surface area contributed by atoms with Crippen molar-refractivity contribution in [3.8, 4) is 5.75 Å². The standard InChI is InChI=1S/C24H25N3O4/c1-18-9-10-20(22(16-18)31-17-19-6-3-2-4-7-19)25-24(29)27-13-11-26(12-14-27)23(28)21-8-5-15-30-21/h2-10,15-16H,11-14,17H2,1H3,(H,25,29). The zero-order valence-corrected chi connectivity index (χ0v) is 17.4. The molecule has 0 bridgehead atoms. The third kappa shape index (κ3) is 5.06. The van der Waals surface area contributed by atoms with Crippen LogP contribution in [0.25, 0.3) is 0 Å². The first-order chi connectivity index (χ1) is 15.1. The van der Waals surface area contributed by atoms with Gasteiger partial charge in [-0.05, 0) is 42.3 Å². The topological polar surface area (TPSA) is 75.0 Å². The second kappa shape index (κ2) is 9.38. The monoisotopic (exact) mass is 419 g/mol. The number of anilines is 1. The van der Waals surface area contributed by atoms with Crippen molar-refractivity contribution in [2.75, 3.05) is 31.5 Å². The van der Waals surface area contributed by atoms with E-state index in [0.717, 1.165) is 11.1 Å². The van der Waals surface area contributed by atoms with E-state index in [-0.39, 0.29) is 11.9 Å². The molecule has 1 fully saturated rings. The van der Waals surface area contributed by atoms with Gasteiger partial charge in [0.2, 0.25) is 0 Å². The van der Waals surface area contributed by atoms with Gasteiger partial charge in [0, 0.05) is 26.2 Å². The van der Waals surface area contributed by atoms with Crippen LogP contribution in [0.1, 0.15) is 21.7 Å². The molecule has 2 aromatic carbocycles. The van der Waals surface area contributed by atoms with Crippen molar-refractivity contribution in [1.82, 2.24) is 9.80 Å². The number of nitrogens with one attached hydrogen (secondary N) is 1. The van der Waals surface area contributed by atoms with Gasteiger partial charge >= 0.3 is 6.03 Å². The van der Waals surface area contributed by atoms with Crippen LogP contribution >= 0.6 is 0 Å². The highest BCUT2D eigenvalue weighted by Gasteiger charge is 2.26. The van der Waals surface area contributed by atoms with Gasteiger partial charge in [0.05, 0.1) is 12.0 Å². The Balaban J connectivity index is 1.36. The van der Waals surface area contributed by atoms with E-state index >= 15 is 0 Å². The van der Waals surface area contributed by atoms with E-state index in [1.165, 1.54) is 6.26 Å². The Morgan fingerprint density at radius 1 is 0.968 bits per heavy atom. The Kier molecular flexibility index (Phi) is 6.21. The van der Waals surface area contributed by atoms with Crippen molar-refractivity contribution in [2.45, 2.75) is 13.5 Å². The van der Waals surface area contributed by atoms with Crippen molar-refractivity contribution in [1.29, 1.82) is 0 Å². The number of aryl methyl sites for hydroxylation is 1. The summed E-state index contributed by atoms with van der Waals surface area (Å²) < 4.78 is 11.2. The van der Waals surface area contributed by atoms with Crippen molar-refractivity contribution < 1.29 is 18.7 Å². The molecule has 7 heteroatoms. The molecule has 0 unspecified atom stereocenters. The fourth-order valence-electron chi connectivity index (χ4n) is 3.45. The summed E-state index contributed by atoms with van der Waals surface area (Å²) in [6, 6.07) is 18.7. The zero-order chi connectivity index (χ0) is 21.6. The van der Waals surface area contributed by atoms with Gasteiger partial charge in [0.1, 0.15) is 12.4 Å². The Hall–Kier alpha value is -3.74. The van der Waals surface area contributed by atoms with Crippen LogP contribution < -0.4 is 10.1 Å². The van der Waals surface area contributed by atoms with E-state index in [1.807, 2.05) is 55.5 Å². The molecule has 0 spiro atoms. The lowest BCUT2D eigenvalue weighted by atomic mass is 10.2. The normalized spacial score (nSPS) is 13.7. The summed E-state index contributed by atoms with van der Waals surface area (Å²) in [4.78, 5) is 28.6. The lowest BCUT2D eigenvalue weighted by Gasteiger charge is -2.34. The highest BCUT2D eigenvalue weighted by Crippen LogP contribution is 2.27. The molecule has 1 aliphatic heterocycles. The highest BCUT2D eigenvalue weighted by atomic mass is 16.5. The highest BCUT2D eigenvalue weighted by molar-refractivity contribution is 5.93. The molecular weight excluding hydrogens is 394 g/mol. The fourth-order valence-corrected chi connectivity index (χ4v) is 3.45. The van der Waals surface area contributed by atoms with E-state index in [2.05, 4.69) is 5.32 Å². The van der Waals surface area contributed by atoms with Crippen LogP contribution in [-0.2, 0) is 6.61 Å². The summed E-state index contributed by atoms with van der Waals surface area (Å²) in [5.74, 6) is 0.793. The summed E-state index contributed by atoms with van der Waals surface area (Å²) in [5, 5.41) is 2.96. The Morgan fingerprint density at radius 3 is 2.42 bits per heavy atom. The van der Waals surface area contributed by atoms with Crippen LogP contribution in [0.4, 0.5) is 10.5 Å². The minimum atomic E-state index is -0.210. The van der Waals surface area contributed by atoms with Gasteiger partial charge in [-0.3, -0.25) is 4.79 Å². The smallest absolute Gasteiger partial charge is 0.322 e. The average molecular weight is 419 g/mol. The maximum absolute atomic E-state index is 12.8. The number of rotatable bonds is 5. The maximum Gasteiger partial charge on any atom is 0.322 e. The number of hydrogen-bond donors (Lipinski definition) is 1. The number of nitrogens with zero attached hydrogens (tertiary/aromatic N) is 2. The predicted octanol–water partition coefficient (Wildman–Crippen LogP) is 4.16. The van der Waals surface area contributed by atoms with Gasteiger partial charge in [-0.2, -0.15) is 0 Å². The van der Waals surface area contributed by atoms with Crippen LogP contribution in [-0.4, -0.2) is 47.9 Å². The Morgan fingerprint density at radius 2 is 1.71 bits per heavy atom. The number of hydrogen-bond acceptors (Lipinski definition) is 4. The molecule has 160 valence electrons. The molecule has 1 aliphatic rings. The van der Waals surface area contributed by atoms with Gasteiger partial charge in [-0.25, -0.2) is 4.79 Å². The van der Waals surface area contributed by atoms with E-state index in [4.69, 9.17) is 9.15 Å². The zero-order valence-electron chi connectivity index (χ0n) is 17.4. The summed E-state index contributed by atoms with van der Waals surface area (Å²) in [7, 11) is 0. The molecule has 0 saturated carbocycles. The second-order valence-electron chi connectivity index (χ2n) is 7.46. The van der Waals surface area contributed by atoms with Gasteiger partial charge in [0.15, 0.2) is 5.76 Å². The molecule has 1 saturated heterocycles. The Labute approximate surface area is 181 Å². The summed E-state index contributed by atoms with van der Waals surface area (Å²) >= 11 is 0. The predicted molar refractivity (Wildman–Crippen MR) is 117 cm³/mol. The summed E-state index contributed by atoms with van der Waals surface area (Å²) in [6.07, 6.45) is 1.48. The molecule has 3 aromatic rings. The molecular formula is C24H25N3O4. The number of piperazine rings is 1. The number of furan rings is 1. The van der Waals surface area contributed by atoms with E-state index < -0.39 is 0 Å². The third-order valence-electron chi connectivity index (χ3n) is 5.20. The first-order valence-electron chi connectivity index (χ1n) is 10.3. The SMILES string of the molecule is Cc1ccc(NC(=O)N2CCN(C(=O)c3ccco3)CC2)c(OCc2ccccc2)c1. The van der Waals surface area contributed by atoms with Crippen LogP contribution in [0.3, 0.4) is 0 Å². The molecule has 3 amide bonds. The molecule has 4 rings (SSSR count). The molecule has 7 nitrogen and oxygen atoms in total. The number of urea groups is 1. The molecule has 0 aliphatic carbocycles. The number of ether oxygens (including phenoxy) is 1. The lowest BCUT2D eigenvalue weighted by Crippen LogP contribution is -2.51. The third-order valence-corrected chi connectivity index (χ3v) is 5.20. The molecule has 2 heterocycles. The van der Waals surface area contributed by atoms with Gasteiger partial charge in [-0.1, -0.05) is 36.4 Å². The number of benzene rings is 2. The van der Waals surface area contributed by atoms with Crippen LogP contribution in [0, 0.1) is 6.92 Å². The molecule has 1 N–H and O–H groups in total.